The summed E-state index contributed by atoms with van der Waals surface area (Å²) in [6.07, 6.45) is 0. The average molecular weight is 330 g/mol. The van der Waals surface area contributed by atoms with Crippen LogP contribution < -0.4 is 24.8 Å². The molecule has 6 heteroatoms. The average Bonchev–Trinajstić information content (AvgIpc) is 2.61. The number of hydrogen-bond donors (Lipinski definition) is 2. The van der Waals surface area contributed by atoms with Crippen molar-refractivity contribution in [1.82, 2.24) is 5.32 Å². The van der Waals surface area contributed by atoms with Crippen LogP contribution in [0.2, 0.25) is 0 Å². The number of para-hydroxylation sites is 1. The quantitative estimate of drug-likeness (QED) is 0.849. The van der Waals surface area contributed by atoms with Crippen molar-refractivity contribution in [3.8, 4) is 17.2 Å². The standard InChI is InChI=1S/C18H22N2O4/c1-12(13-8-10-14(22-2)11-9-13)19-18(21)20-17-15(23-3)6-5-7-16(17)24-4/h5-12H,1-4H3,(H2,19,20,21). The molecule has 6 nitrogen and oxygen atoms in total. The number of benzene rings is 2. The smallest absolute Gasteiger partial charge is 0.319 e. The van der Waals surface area contributed by atoms with Crippen LogP contribution in [0.4, 0.5) is 10.5 Å². The molecule has 24 heavy (non-hydrogen) atoms. The van der Waals surface area contributed by atoms with E-state index in [0.29, 0.717) is 17.2 Å². The molecule has 0 radical (unpaired) electrons. The van der Waals surface area contributed by atoms with Crippen LogP contribution >= 0.6 is 0 Å². The third-order valence-electron chi connectivity index (χ3n) is 3.63. The van der Waals surface area contributed by atoms with Crippen LogP contribution in [0.25, 0.3) is 0 Å². The molecule has 0 aliphatic rings. The van der Waals surface area contributed by atoms with Gasteiger partial charge in [-0.1, -0.05) is 18.2 Å². The zero-order valence-corrected chi connectivity index (χ0v) is 14.3. The van der Waals surface area contributed by atoms with Gasteiger partial charge in [-0.25, -0.2) is 4.79 Å². The Hall–Kier alpha value is -2.89. The molecule has 2 aromatic rings. The summed E-state index contributed by atoms with van der Waals surface area (Å²) in [4.78, 5) is 12.3. The molecule has 0 saturated heterocycles. The Kier molecular flexibility index (Phi) is 5.89. The predicted octanol–water partition coefficient (Wildman–Crippen LogP) is 3.60. The van der Waals surface area contributed by atoms with Gasteiger partial charge in [0.1, 0.15) is 22.9 Å². The van der Waals surface area contributed by atoms with Gasteiger partial charge in [0.25, 0.3) is 0 Å². The third-order valence-corrected chi connectivity index (χ3v) is 3.63. The molecule has 1 unspecified atom stereocenters. The lowest BCUT2D eigenvalue weighted by molar-refractivity contribution is 0.249. The number of carbonyl (C=O) groups is 1. The number of hydrogen-bond acceptors (Lipinski definition) is 4. The molecule has 0 fully saturated rings. The third kappa shape index (κ3) is 4.10. The van der Waals surface area contributed by atoms with Gasteiger partial charge in [0.05, 0.1) is 27.4 Å². The van der Waals surface area contributed by atoms with Gasteiger partial charge in [-0.15, -0.1) is 0 Å². The highest BCUT2D eigenvalue weighted by Gasteiger charge is 2.15. The molecule has 0 spiro atoms. The molecule has 0 bridgehead atoms. The Balaban J connectivity index is 2.07. The first-order valence-electron chi connectivity index (χ1n) is 7.51. The van der Waals surface area contributed by atoms with Crippen molar-refractivity contribution in [2.24, 2.45) is 0 Å². The molecule has 1 atom stereocenters. The van der Waals surface area contributed by atoms with Crippen LogP contribution in [-0.2, 0) is 0 Å². The van der Waals surface area contributed by atoms with Crippen LogP contribution in [0, 0.1) is 0 Å². The van der Waals surface area contributed by atoms with Crippen LogP contribution in [0.3, 0.4) is 0 Å². The van der Waals surface area contributed by atoms with Crippen molar-refractivity contribution in [3.63, 3.8) is 0 Å². The molecule has 0 heterocycles. The molecule has 0 aliphatic carbocycles. The molecular formula is C18H22N2O4. The summed E-state index contributed by atoms with van der Waals surface area (Å²) < 4.78 is 15.7. The number of rotatable bonds is 6. The lowest BCUT2D eigenvalue weighted by Gasteiger charge is -2.18. The summed E-state index contributed by atoms with van der Waals surface area (Å²) in [6.45, 7) is 1.90. The van der Waals surface area contributed by atoms with Gasteiger partial charge in [0, 0.05) is 0 Å². The van der Waals surface area contributed by atoms with E-state index < -0.39 is 0 Å². The van der Waals surface area contributed by atoms with Gasteiger partial charge < -0.3 is 24.8 Å². The molecule has 2 rings (SSSR count). The first kappa shape index (κ1) is 17.5. The number of carbonyl (C=O) groups excluding carboxylic acids is 1. The van der Waals surface area contributed by atoms with Crippen LogP contribution in [0.1, 0.15) is 18.5 Å². The Morgan fingerprint density at radius 1 is 0.917 bits per heavy atom. The Morgan fingerprint density at radius 2 is 1.50 bits per heavy atom. The topological polar surface area (TPSA) is 68.8 Å². The van der Waals surface area contributed by atoms with Crippen molar-refractivity contribution < 1.29 is 19.0 Å². The summed E-state index contributed by atoms with van der Waals surface area (Å²) in [6, 6.07) is 12.3. The fourth-order valence-corrected chi connectivity index (χ4v) is 2.30. The SMILES string of the molecule is COc1ccc(C(C)NC(=O)Nc2c(OC)cccc2OC)cc1. The second-order valence-corrected chi connectivity index (χ2v) is 5.13. The number of ether oxygens (including phenoxy) is 3. The number of amides is 2. The summed E-state index contributed by atoms with van der Waals surface area (Å²) in [5.41, 5.74) is 1.46. The maximum Gasteiger partial charge on any atom is 0.319 e. The van der Waals surface area contributed by atoms with Crippen LogP contribution in [0.15, 0.2) is 42.5 Å². The molecular weight excluding hydrogens is 308 g/mol. The molecule has 128 valence electrons. The van der Waals surface area contributed by atoms with Crippen LogP contribution in [-0.4, -0.2) is 27.4 Å². The molecule has 0 aromatic heterocycles. The highest BCUT2D eigenvalue weighted by molar-refractivity contribution is 5.93. The monoisotopic (exact) mass is 330 g/mol. The van der Waals surface area contributed by atoms with Crippen LogP contribution in [0.5, 0.6) is 17.2 Å². The van der Waals surface area contributed by atoms with Gasteiger partial charge in [-0.05, 0) is 36.8 Å². The number of anilines is 1. The fraction of sp³-hybridized carbons (Fsp3) is 0.278. The second kappa shape index (κ2) is 8.10. The highest BCUT2D eigenvalue weighted by Crippen LogP contribution is 2.34. The van der Waals surface area contributed by atoms with E-state index in [1.807, 2.05) is 31.2 Å². The molecule has 0 aliphatic heterocycles. The molecule has 2 N–H and O–H groups in total. The zero-order chi connectivity index (χ0) is 17.5. The van der Waals surface area contributed by atoms with Crippen molar-refractivity contribution in [2.75, 3.05) is 26.6 Å². The van der Waals surface area contributed by atoms with Gasteiger partial charge in [0.15, 0.2) is 0 Å². The Bertz CT molecular complexity index is 664. The van der Waals surface area contributed by atoms with Crippen molar-refractivity contribution in [2.45, 2.75) is 13.0 Å². The zero-order valence-electron chi connectivity index (χ0n) is 14.3. The molecule has 2 amide bonds. The van der Waals surface area contributed by atoms with Gasteiger partial charge in [-0.3, -0.25) is 0 Å². The number of methoxy groups -OCH3 is 3. The minimum atomic E-state index is -0.346. The van der Waals surface area contributed by atoms with E-state index in [-0.39, 0.29) is 12.1 Å². The van der Waals surface area contributed by atoms with E-state index in [2.05, 4.69) is 10.6 Å². The van der Waals surface area contributed by atoms with Gasteiger partial charge in [0.2, 0.25) is 0 Å². The largest absolute Gasteiger partial charge is 0.497 e. The molecule has 2 aromatic carbocycles. The van der Waals surface area contributed by atoms with E-state index in [4.69, 9.17) is 14.2 Å². The van der Waals surface area contributed by atoms with E-state index in [9.17, 15) is 4.79 Å². The van der Waals surface area contributed by atoms with Gasteiger partial charge >= 0.3 is 6.03 Å². The van der Waals surface area contributed by atoms with Gasteiger partial charge in [-0.2, -0.15) is 0 Å². The minimum Gasteiger partial charge on any atom is -0.497 e. The minimum absolute atomic E-state index is 0.170. The first-order chi connectivity index (χ1) is 11.6. The second-order valence-electron chi connectivity index (χ2n) is 5.13. The maximum atomic E-state index is 12.3. The Morgan fingerprint density at radius 3 is 2.00 bits per heavy atom. The summed E-state index contributed by atoms with van der Waals surface area (Å²) in [5.74, 6) is 1.83. The molecule has 0 saturated carbocycles. The van der Waals surface area contributed by atoms with Crippen molar-refractivity contribution in [1.29, 1.82) is 0 Å². The lowest BCUT2D eigenvalue weighted by Crippen LogP contribution is -2.31. The summed E-state index contributed by atoms with van der Waals surface area (Å²) in [5, 5.41) is 5.66. The van der Waals surface area contributed by atoms with E-state index in [1.54, 1.807) is 25.3 Å². The maximum absolute atomic E-state index is 12.3. The fourth-order valence-electron chi connectivity index (χ4n) is 2.30. The highest BCUT2D eigenvalue weighted by atomic mass is 16.5. The van der Waals surface area contributed by atoms with Crippen molar-refractivity contribution >= 4 is 11.7 Å². The first-order valence-corrected chi connectivity index (χ1v) is 7.51. The number of urea groups is 1. The Labute approximate surface area is 141 Å². The predicted molar refractivity (Wildman–Crippen MR) is 93.1 cm³/mol. The lowest BCUT2D eigenvalue weighted by atomic mass is 10.1. The normalized spacial score (nSPS) is 11.3. The summed E-state index contributed by atoms with van der Waals surface area (Å²) in [7, 11) is 4.69. The van der Waals surface area contributed by atoms with E-state index in [1.165, 1.54) is 14.2 Å². The van der Waals surface area contributed by atoms with E-state index >= 15 is 0 Å². The van der Waals surface area contributed by atoms with E-state index in [0.717, 1.165) is 11.3 Å². The van der Waals surface area contributed by atoms with Crippen molar-refractivity contribution in [3.05, 3.63) is 48.0 Å². The number of nitrogens with one attached hydrogen (secondary N) is 2. The summed E-state index contributed by atoms with van der Waals surface area (Å²) >= 11 is 0.